The summed E-state index contributed by atoms with van der Waals surface area (Å²) < 4.78 is 37.2. The van der Waals surface area contributed by atoms with Crippen LogP contribution in [0.4, 0.5) is 0 Å². The molecule has 3 aromatic carbocycles. The smallest absolute Gasteiger partial charge is 0.496 e. The molecule has 0 saturated carbocycles. The first-order chi connectivity index (χ1) is 23.0. The van der Waals surface area contributed by atoms with Gasteiger partial charge in [-0.2, -0.15) is 4.57 Å². The molecule has 47 heavy (non-hydrogen) atoms. The number of phosphoric acid groups is 1. The minimum absolute atomic E-state index is 0.134. The van der Waals surface area contributed by atoms with Gasteiger partial charge in [-0.3, -0.25) is 4.89 Å². The third kappa shape index (κ3) is 13.2. The highest BCUT2D eigenvalue weighted by molar-refractivity contribution is 7.48. The van der Waals surface area contributed by atoms with E-state index in [1.807, 2.05) is 36.5 Å². The lowest BCUT2D eigenvalue weighted by Crippen LogP contribution is -2.34. The second-order valence-corrected chi connectivity index (χ2v) is 13.6. The van der Waals surface area contributed by atoms with Gasteiger partial charge in [0.1, 0.15) is 23.0 Å². The van der Waals surface area contributed by atoms with E-state index in [9.17, 15) is 9.46 Å². The summed E-state index contributed by atoms with van der Waals surface area (Å²) in [7, 11) is -2.95. The molecule has 0 aliphatic carbocycles. The first kappa shape index (κ1) is 36.3. The number of pyridine rings is 1. The van der Waals surface area contributed by atoms with E-state index < -0.39 is 7.82 Å². The number of hydrogen-bond acceptors (Lipinski definition) is 5. The first-order valence-corrected chi connectivity index (χ1v) is 19.0. The number of nitrogens with zero attached hydrogens (tertiary/aromatic N) is 1. The average Bonchev–Trinajstić information content (AvgIpc) is 3.07. The number of unbranched alkanes of at least 4 members (excludes halogenated alkanes) is 13. The predicted molar refractivity (Wildman–Crippen MR) is 190 cm³/mol. The normalized spacial score (nSPS) is 12.5. The molecular formula is C39H53NO6P+. The number of fused-ring (bicyclic) bond motifs is 1. The Morgan fingerprint density at radius 3 is 1.85 bits per heavy atom. The summed E-state index contributed by atoms with van der Waals surface area (Å²) in [5, 5.41) is 1.16. The summed E-state index contributed by atoms with van der Waals surface area (Å²) in [6.45, 7) is 3.48. The fourth-order valence-corrected chi connectivity index (χ4v) is 6.58. The number of hydrogen-bond donors (Lipinski definition) is 1. The van der Waals surface area contributed by atoms with Crippen LogP contribution in [-0.2, 0) is 11.1 Å². The summed E-state index contributed by atoms with van der Waals surface area (Å²) in [6.07, 6.45) is 20.3. The number of ether oxygens (including phenoxy) is 2. The second kappa shape index (κ2) is 20.0. The van der Waals surface area contributed by atoms with E-state index in [1.54, 1.807) is 24.3 Å². The number of benzene rings is 3. The van der Waals surface area contributed by atoms with Crippen molar-refractivity contribution in [3.63, 3.8) is 0 Å². The molecule has 8 heteroatoms. The van der Waals surface area contributed by atoms with Crippen molar-refractivity contribution in [3.8, 4) is 23.0 Å². The van der Waals surface area contributed by atoms with Gasteiger partial charge >= 0.3 is 7.82 Å². The lowest BCUT2D eigenvalue weighted by atomic mass is 10.0. The standard InChI is InChI=1S/C39H52NO6P/c1-3-4-5-6-7-8-9-10-11-12-13-14-15-18-28-44-37-29-36(43-2)30-38(31-37)46-47(41,42)45-35-25-23-33(24-26-35)32-40-27-19-21-34-20-16-17-22-39(34)40/h16-17,19-27,29-31H,3-15,18,28,32H2,1-2H3/p+1. The number of methoxy groups -OCH3 is 1. The highest BCUT2D eigenvalue weighted by Crippen LogP contribution is 2.46. The van der Waals surface area contributed by atoms with E-state index in [-0.39, 0.29) is 11.5 Å². The quantitative estimate of drug-likeness (QED) is 0.0484. The number of aromatic nitrogens is 1. The van der Waals surface area contributed by atoms with Crippen LogP contribution >= 0.6 is 7.82 Å². The molecule has 0 bridgehead atoms. The molecule has 7 nitrogen and oxygen atoms in total. The third-order valence-electron chi connectivity index (χ3n) is 8.36. The van der Waals surface area contributed by atoms with Crippen molar-refractivity contribution < 1.29 is 32.5 Å². The summed E-state index contributed by atoms with van der Waals surface area (Å²) in [5.41, 5.74) is 2.16. The number of phosphoric ester groups is 1. The summed E-state index contributed by atoms with van der Waals surface area (Å²) in [4.78, 5) is 10.5. The van der Waals surface area contributed by atoms with Crippen molar-refractivity contribution in [2.24, 2.45) is 0 Å². The molecule has 0 aliphatic heterocycles. The monoisotopic (exact) mass is 662 g/mol. The van der Waals surface area contributed by atoms with Crippen LogP contribution in [0.3, 0.4) is 0 Å². The molecule has 1 unspecified atom stereocenters. The Labute approximate surface area is 281 Å². The summed E-state index contributed by atoms with van der Waals surface area (Å²) in [5.74, 6) is 1.35. The molecule has 1 N–H and O–H groups in total. The Morgan fingerprint density at radius 1 is 0.638 bits per heavy atom. The fourth-order valence-electron chi connectivity index (χ4n) is 5.78. The van der Waals surface area contributed by atoms with E-state index >= 15 is 0 Å². The molecule has 1 atom stereocenters. The molecule has 0 spiro atoms. The Bertz CT molecular complexity index is 1520. The van der Waals surface area contributed by atoms with Gasteiger partial charge in [-0.25, -0.2) is 4.57 Å². The van der Waals surface area contributed by atoms with Gasteiger partial charge in [0.15, 0.2) is 12.7 Å². The molecule has 0 radical (unpaired) electrons. The summed E-state index contributed by atoms with van der Waals surface area (Å²) >= 11 is 0. The maximum absolute atomic E-state index is 12.9. The fraction of sp³-hybridized carbons (Fsp3) is 0.462. The molecule has 0 fully saturated rings. The van der Waals surface area contributed by atoms with Gasteiger partial charge < -0.3 is 18.5 Å². The van der Waals surface area contributed by atoms with Crippen LogP contribution in [0.25, 0.3) is 10.9 Å². The SMILES string of the molecule is CCCCCCCCCCCCCCCCOc1cc(OC)cc(OP(=O)(O)Oc2ccc(C[n+]3cccc4ccccc43)cc2)c1. The lowest BCUT2D eigenvalue weighted by molar-refractivity contribution is -0.662. The zero-order valence-electron chi connectivity index (χ0n) is 28.3. The van der Waals surface area contributed by atoms with Crippen LogP contribution in [0.2, 0.25) is 0 Å². The minimum Gasteiger partial charge on any atom is -0.496 e. The molecule has 1 heterocycles. The van der Waals surface area contributed by atoms with Gasteiger partial charge in [-0.1, -0.05) is 103 Å². The first-order valence-electron chi connectivity index (χ1n) is 17.5. The Hall–Kier alpha value is -3.54. The van der Waals surface area contributed by atoms with E-state index in [0.717, 1.165) is 29.3 Å². The number of rotatable bonds is 23. The average molecular weight is 663 g/mol. The maximum Gasteiger partial charge on any atom is 0.584 e. The van der Waals surface area contributed by atoms with Crippen LogP contribution in [-0.4, -0.2) is 18.6 Å². The van der Waals surface area contributed by atoms with Gasteiger partial charge in [0.25, 0.3) is 0 Å². The van der Waals surface area contributed by atoms with E-state index in [2.05, 4.69) is 29.7 Å². The van der Waals surface area contributed by atoms with Gasteiger partial charge in [0, 0.05) is 41.3 Å². The van der Waals surface area contributed by atoms with E-state index in [0.29, 0.717) is 24.7 Å². The van der Waals surface area contributed by atoms with Crippen molar-refractivity contribution in [3.05, 3.63) is 90.6 Å². The minimum atomic E-state index is -4.48. The molecule has 1 aromatic heterocycles. The summed E-state index contributed by atoms with van der Waals surface area (Å²) in [6, 6.07) is 24.3. The van der Waals surface area contributed by atoms with Gasteiger partial charge in [0.2, 0.25) is 5.52 Å². The molecule has 0 amide bonds. The van der Waals surface area contributed by atoms with Crippen LogP contribution in [0.15, 0.2) is 85.1 Å². The third-order valence-corrected chi connectivity index (χ3v) is 9.24. The molecule has 254 valence electrons. The Kier molecular flexibility index (Phi) is 15.4. The van der Waals surface area contributed by atoms with Gasteiger partial charge in [0.05, 0.1) is 13.7 Å². The maximum atomic E-state index is 12.9. The van der Waals surface area contributed by atoms with Crippen LogP contribution in [0, 0.1) is 0 Å². The number of para-hydroxylation sites is 1. The molecular weight excluding hydrogens is 609 g/mol. The topological polar surface area (TPSA) is 78.1 Å². The Balaban J connectivity index is 1.16. The Morgan fingerprint density at radius 2 is 1.19 bits per heavy atom. The predicted octanol–water partition coefficient (Wildman–Crippen LogP) is 10.6. The molecule has 4 aromatic rings. The highest BCUT2D eigenvalue weighted by atomic mass is 31.2. The van der Waals surface area contributed by atoms with Crippen molar-refractivity contribution in [1.29, 1.82) is 0 Å². The van der Waals surface area contributed by atoms with Gasteiger partial charge in [-0.05, 0) is 42.8 Å². The van der Waals surface area contributed by atoms with E-state index in [4.69, 9.17) is 18.5 Å². The lowest BCUT2D eigenvalue weighted by Gasteiger charge is -2.16. The van der Waals surface area contributed by atoms with Crippen molar-refractivity contribution in [2.45, 2.75) is 103 Å². The van der Waals surface area contributed by atoms with Crippen molar-refractivity contribution in [2.75, 3.05) is 13.7 Å². The van der Waals surface area contributed by atoms with Crippen LogP contribution < -0.4 is 23.1 Å². The van der Waals surface area contributed by atoms with Gasteiger partial charge in [-0.15, -0.1) is 0 Å². The zero-order valence-corrected chi connectivity index (χ0v) is 29.2. The zero-order chi connectivity index (χ0) is 33.2. The van der Waals surface area contributed by atoms with Crippen LogP contribution in [0.5, 0.6) is 23.0 Å². The van der Waals surface area contributed by atoms with Crippen molar-refractivity contribution >= 4 is 18.7 Å². The largest absolute Gasteiger partial charge is 0.584 e. The van der Waals surface area contributed by atoms with E-state index in [1.165, 1.54) is 90.2 Å². The second-order valence-electron chi connectivity index (χ2n) is 12.3. The molecule has 0 aliphatic rings. The molecule has 4 rings (SSSR count). The highest BCUT2D eigenvalue weighted by Gasteiger charge is 2.26. The molecule has 0 saturated heterocycles. The van der Waals surface area contributed by atoms with Crippen LogP contribution in [0.1, 0.15) is 102 Å². The van der Waals surface area contributed by atoms with Crippen molar-refractivity contribution in [1.82, 2.24) is 0 Å².